The van der Waals surface area contributed by atoms with Crippen LogP contribution in [-0.2, 0) is 0 Å². The fraction of sp³-hybridized carbons (Fsp3) is 0.833. The molecule has 0 saturated carbocycles. The zero-order chi connectivity index (χ0) is 5.70. The summed E-state index contributed by atoms with van der Waals surface area (Å²) < 4.78 is 0. The third-order valence-electron chi connectivity index (χ3n) is 0.888. The lowest BCUT2D eigenvalue weighted by Crippen LogP contribution is -1.85. The maximum Gasteiger partial charge on any atom is -0.00476 e. The van der Waals surface area contributed by atoms with Crippen LogP contribution in [0, 0.1) is 11.3 Å². The lowest BCUT2D eigenvalue weighted by Gasteiger charge is -1.96. The van der Waals surface area contributed by atoms with Crippen molar-refractivity contribution in [2.24, 2.45) is 5.92 Å². The number of rotatable bonds is 3. The molecule has 0 rings (SSSR count). The number of hydrogen-bond acceptors (Lipinski definition) is 1. The molecule has 0 saturated heterocycles. The number of hydrogen-bond donors (Lipinski definition) is 1. The summed E-state index contributed by atoms with van der Waals surface area (Å²) in [5, 5.41) is 6.67. The molecule has 1 nitrogen and oxygen atoms in total. The van der Waals surface area contributed by atoms with E-state index in [0.29, 0.717) is 0 Å². The van der Waals surface area contributed by atoms with E-state index in [9.17, 15) is 0 Å². The van der Waals surface area contributed by atoms with E-state index in [1.54, 1.807) is 0 Å². The highest BCUT2D eigenvalue weighted by atomic mass is 14.3. The molecule has 0 bridgehead atoms. The highest BCUT2D eigenvalue weighted by Crippen LogP contribution is 1.99. The first-order chi connectivity index (χ1) is 3.27. The Morgan fingerprint density at radius 1 is 1.57 bits per heavy atom. The van der Waals surface area contributed by atoms with Crippen molar-refractivity contribution in [3.63, 3.8) is 0 Å². The molecule has 0 aromatic heterocycles. The van der Waals surface area contributed by atoms with Gasteiger partial charge < -0.3 is 5.41 Å². The van der Waals surface area contributed by atoms with Crippen molar-refractivity contribution in [3.8, 4) is 0 Å². The topological polar surface area (TPSA) is 23.9 Å². The summed E-state index contributed by atoms with van der Waals surface area (Å²) in [6.45, 7) is 4.34. The van der Waals surface area contributed by atoms with Crippen LogP contribution in [0.25, 0.3) is 0 Å². The maximum absolute atomic E-state index is 6.67. The van der Waals surface area contributed by atoms with Crippen LogP contribution >= 0.6 is 0 Å². The average molecular weight is 99.2 g/mol. The fourth-order valence-corrected chi connectivity index (χ4v) is 0.417. The molecule has 0 aliphatic rings. The lowest BCUT2D eigenvalue weighted by atomic mass is 10.1. The molecule has 0 aliphatic heterocycles. The molecule has 0 aromatic carbocycles. The molecular weight excluding hydrogens is 86.1 g/mol. The van der Waals surface area contributed by atoms with E-state index >= 15 is 0 Å². The van der Waals surface area contributed by atoms with Crippen LogP contribution in [0.5, 0.6) is 0 Å². The SMILES string of the molecule is CC(C)CCC=N. The average Bonchev–Trinajstić information content (AvgIpc) is 1.61. The summed E-state index contributed by atoms with van der Waals surface area (Å²) in [4.78, 5) is 0. The Morgan fingerprint density at radius 2 is 2.14 bits per heavy atom. The predicted octanol–water partition coefficient (Wildman–Crippen LogP) is 2.07. The van der Waals surface area contributed by atoms with Crippen LogP contribution in [0.4, 0.5) is 0 Å². The quantitative estimate of drug-likeness (QED) is 0.524. The molecule has 42 valence electrons. The second-order valence-electron chi connectivity index (χ2n) is 2.18. The molecule has 0 atom stereocenters. The Morgan fingerprint density at radius 3 is 2.29 bits per heavy atom. The highest BCUT2D eigenvalue weighted by molar-refractivity contribution is 5.52. The Kier molecular flexibility index (Phi) is 3.67. The van der Waals surface area contributed by atoms with Crippen LogP contribution < -0.4 is 0 Å². The van der Waals surface area contributed by atoms with Crippen molar-refractivity contribution < 1.29 is 0 Å². The fourth-order valence-electron chi connectivity index (χ4n) is 0.417. The van der Waals surface area contributed by atoms with Crippen molar-refractivity contribution in [2.45, 2.75) is 26.7 Å². The molecule has 0 radical (unpaired) electrons. The molecule has 0 fully saturated rings. The molecule has 0 spiro atoms. The first kappa shape index (κ1) is 6.67. The molecule has 0 unspecified atom stereocenters. The van der Waals surface area contributed by atoms with Gasteiger partial charge in [0.1, 0.15) is 0 Å². The van der Waals surface area contributed by atoms with Gasteiger partial charge in [-0.3, -0.25) is 0 Å². The van der Waals surface area contributed by atoms with Crippen molar-refractivity contribution >= 4 is 6.21 Å². The molecule has 0 aromatic rings. The number of nitrogens with one attached hydrogen (secondary N) is 1. The summed E-state index contributed by atoms with van der Waals surface area (Å²) >= 11 is 0. The zero-order valence-electron chi connectivity index (χ0n) is 5.07. The van der Waals surface area contributed by atoms with Crippen molar-refractivity contribution in [2.75, 3.05) is 0 Å². The van der Waals surface area contributed by atoms with Gasteiger partial charge >= 0.3 is 0 Å². The minimum atomic E-state index is 0.751. The third kappa shape index (κ3) is 5.67. The summed E-state index contributed by atoms with van der Waals surface area (Å²) in [5.41, 5.74) is 0. The summed E-state index contributed by atoms with van der Waals surface area (Å²) in [6.07, 6.45) is 3.57. The van der Waals surface area contributed by atoms with Crippen LogP contribution in [0.3, 0.4) is 0 Å². The van der Waals surface area contributed by atoms with E-state index in [2.05, 4.69) is 13.8 Å². The van der Waals surface area contributed by atoms with Gasteiger partial charge in [0.25, 0.3) is 0 Å². The van der Waals surface area contributed by atoms with Gasteiger partial charge in [0, 0.05) is 0 Å². The molecule has 7 heavy (non-hydrogen) atoms. The van der Waals surface area contributed by atoms with Gasteiger partial charge in [-0.15, -0.1) is 0 Å². The Balaban J connectivity index is 2.81. The van der Waals surface area contributed by atoms with Crippen LogP contribution in [0.1, 0.15) is 26.7 Å². The van der Waals surface area contributed by atoms with Crippen molar-refractivity contribution in [1.82, 2.24) is 0 Å². The van der Waals surface area contributed by atoms with Gasteiger partial charge in [-0.25, -0.2) is 0 Å². The van der Waals surface area contributed by atoms with Gasteiger partial charge in [-0.2, -0.15) is 0 Å². The second kappa shape index (κ2) is 3.85. The van der Waals surface area contributed by atoms with E-state index in [1.165, 1.54) is 6.21 Å². The Bertz CT molecular complexity index is 48.1. The van der Waals surface area contributed by atoms with Gasteiger partial charge in [0.15, 0.2) is 0 Å². The largest absolute Gasteiger partial charge is 0.313 e. The second-order valence-corrected chi connectivity index (χ2v) is 2.18. The first-order valence-electron chi connectivity index (χ1n) is 2.76. The first-order valence-corrected chi connectivity index (χ1v) is 2.76. The molecular formula is C6H13N. The Hall–Kier alpha value is -0.330. The third-order valence-corrected chi connectivity index (χ3v) is 0.888. The zero-order valence-corrected chi connectivity index (χ0v) is 5.07. The van der Waals surface area contributed by atoms with Crippen LogP contribution in [0.2, 0.25) is 0 Å². The summed E-state index contributed by atoms with van der Waals surface area (Å²) in [5.74, 6) is 0.751. The predicted molar refractivity (Wildman–Crippen MR) is 32.9 cm³/mol. The highest BCUT2D eigenvalue weighted by Gasteiger charge is 1.87. The van der Waals surface area contributed by atoms with Gasteiger partial charge in [-0.1, -0.05) is 13.8 Å². The van der Waals surface area contributed by atoms with Crippen molar-refractivity contribution in [3.05, 3.63) is 0 Å². The smallest absolute Gasteiger partial charge is 0.00476 e. The monoisotopic (exact) mass is 99.1 g/mol. The van der Waals surface area contributed by atoms with E-state index < -0.39 is 0 Å². The van der Waals surface area contributed by atoms with E-state index in [0.717, 1.165) is 18.8 Å². The van der Waals surface area contributed by atoms with Crippen LogP contribution in [0.15, 0.2) is 0 Å². The minimum absolute atomic E-state index is 0.751. The summed E-state index contributed by atoms with van der Waals surface area (Å²) in [7, 11) is 0. The normalized spacial score (nSPS) is 9.57. The van der Waals surface area contributed by atoms with Gasteiger partial charge in [0.2, 0.25) is 0 Å². The lowest BCUT2D eigenvalue weighted by molar-refractivity contribution is 0.606. The molecule has 1 N–H and O–H groups in total. The molecule has 1 heteroatoms. The van der Waals surface area contributed by atoms with Crippen LogP contribution in [-0.4, -0.2) is 6.21 Å². The molecule has 0 amide bonds. The van der Waals surface area contributed by atoms with E-state index in [1.807, 2.05) is 0 Å². The van der Waals surface area contributed by atoms with E-state index in [4.69, 9.17) is 5.41 Å². The van der Waals surface area contributed by atoms with Gasteiger partial charge in [-0.05, 0) is 25.0 Å². The van der Waals surface area contributed by atoms with Crippen molar-refractivity contribution in [1.29, 1.82) is 5.41 Å². The Labute approximate surface area is 45.2 Å². The molecule has 0 aliphatic carbocycles. The molecule has 0 heterocycles. The van der Waals surface area contributed by atoms with Gasteiger partial charge in [0.05, 0.1) is 0 Å². The minimum Gasteiger partial charge on any atom is -0.313 e. The van der Waals surface area contributed by atoms with E-state index in [-0.39, 0.29) is 0 Å². The maximum atomic E-state index is 6.67. The standard InChI is InChI=1S/C6H13N/c1-6(2)4-3-5-7/h5-7H,3-4H2,1-2H3. The summed E-state index contributed by atoms with van der Waals surface area (Å²) in [6, 6.07) is 0.